The molecule has 8 nitrogen and oxygen atoms in total. The summed E-state index contributed by atoms with van der Waals surface area (Å²) in [6.45, 7) is 0.532. The first-order valence-corrected chi connectivity index (χ1v) is 9.17. The molecule has 0 aliphatic rings. The second kappa shape index (κ2) is 7.73. The van der Waals surface area contributed by atoms with Crippen LogP contribution < -0.4 is 14.8 Å². The van der Waals surface area contributed by atoms with Gasteiger partial charge in [0.25, 0.3) is 0 Å². The molecule has 0 spiro atoms. The first kappa shape index (κ1) is 18.1. The van der Waals surface area contributed by atoms with Crippen molar-refractivity contribution in [3.05, 3.63) is 65.2 Å². The van der Waals surface area contributed by atoms with Gasteiger partial charge in [-0.1, -0.05) is 12.1 Å². The molecule has 9 heteroatoms. The van der Waals surface area contributed by atoms with Crippen LogP contribution in [0.1, 0.15) is 5.56 Å². The van der Waals surface area contributed by atoms with Crippen molar-refractivity contribution in [3.8, 4) is 11.5 Å². The molecule has 0 bridgehead atoms. The van der Waals surface area contributed by atoms with E-state index < -0.39 is 6.09 Å². The van der Waals surface area contributed by atoms with E-state index in [0.29, 0.717) is 23.6 Å². The van der Waals surface area contributed by atoms with Gasteiger partial charge in [0.05, 0.1) is 31.7 Å². The fourth-order valence-electron chi connectivity index (χ4n) is 2.77. The van der Waals surface area contributed by atoms with Gasteiger partial charge in [-0.3, -0.25) is 10.00 Å². The molecule has 2 N–H and O–H groups in total. The van der Waals surface area contributed by atoms with Gasteiger partial charge in [-0.05, 0) is 39.7 Å². The van der Waals surface area contributed by atoms with Crippen molar-refractivity contribution in [2.75, 3.05) is 12.4 Å². The molecule has 0 atom stereocenters. The summed E-state index contributed by atoms with van der Waals surface area (Å²) < 4.78 is 13.0. The summed E-state index contributed by atoms with van der Waals surface area (Å²) in [5.74, 6) is 1.12. The maximum Gasteiger partial charge on any atom is 0.417 e. The highest BCUT2D eigenvalue weighted by Gasteiger charge is 2.12. The molecule has 0 saturated heterocycles. The highest BCUT2D eigenvalue weighted by Crippen LogP contribution is 2.25. The van der Waals surface area contributed by atoms with Crippen molar-refractivity contribution in [3.63, 3.8) is 0 Å². The summed E-state index contributed by atoms with van der Waals surface area (Å²) in [7, 11) is 1.63. The van der Waals surface area contributed by atoms with E-state index in [1.165, 1.54) is 6.20 Å². The molecular weight excluding hydrogens is 426 g/mol. The van der Waals surface area contributed by atoms with Crippen molar-refractivity contribution < 1.29 is 14.3 Å². The highest BCUT2D eigenvalue weighted by molar-refractivity contribution is 9.10. The average molecular weight is 442 g/mol. The number of carbonyl (C=O) groups excluding carboxylic acids is 1. The number of aromatic amines is 1. The number of rotatable bonds is 5. The third-order valence-corrected chi connectivity index (χ3v) is 4.47. The van der Waals surface area contributed by atoms with Gasteiger partial charge in [0.15, 0.2) is 5.75 Å². The number of nitrogens with one attached hydrogen (secondary N) is 2. The standard InChI is InChI=1S/C19H16BrN5O3/c1-27-14-4-2-3-12(5-14)10-25-11-15(8-23-25)28-19(26)24-17-9-22-18-16(17)6-13(20)7-21-18/h2-9,11H,10H2,1H3,(H,21,22)(H,24,26). The summed E-state index contributed by atoms with van der Waals surface area (Å²) in [5.41, 5.74) is 2.28. The molecule has 142 valence electrons. The Labute approximate surface area is 168 Å². The highest BCUT2D eigenvalue weighted by atomic mass is 79.9. The summed E-state index contributed by atoms with van der Waals surface area (Å²) in [4.78, 5) is 19.5. The fraction of sp³-hybridized carbons (Fsp3) is 0.105. The van der Waals surface area contributed by atoms with Crippen LogP contribution in [0.15, 0.2) is 59.6 Å². The Hall–Kier alpha value is -3.33. The van der Waals surface area contributed by atoms with Crippen LogP contribution in [0.25, 0.3) is 11.0 Å². The molecule has 0 radical (unpaired) electrons. The lowest BCUT2D eigenvalue weighted by Gasteiger charge is -2.05. The second-order valence-corrected chi connectivity index (χ2v) is 6.91. The van der Waals surface area contributed by atoms with E-state index in [1.807, 2.05) is 30.3 Å². The first-order chi connectivity index (χ1) is 13.6. The molecule has 4 rings (SSSR count). The van der Waals surface area contributed by atoms with E-state index >= 15 is 0 Å². The minimum absolute atomic E-state index is 0.347. The number of methoxy groups -OCH3 is 1. The fourth-order valence-corrected chi connectivity index (χ4v) is 3.10. The SMILES string of the molecule is COc1cccc(Cn2cc(OC(=O)Nc3c[nH]c4ncc(Br)cc34)cn2)c1. The number of carbonyl (C=O) groups is 1. The van der Waals surface area contributed by atoms with Crippen molar-refractivity contribution in [2.24, 2.45) is 0 Å². The summed E-state index contributed by atoms with van der Waals surface area (Å²) in [6, 6.07) is 9.56. The minimum atomic E-state index is -0.609. The largest absolute Gasteiger partial charge is 0.497 e. The monoisotopic (exact) mass is 441 g/mol. The number of amides is 1. The molecule has 0 saturated carbocycles. The van der Waals surface area contributed by atoms with E-state index in [0.717, 1.165) is 21.2 Å². The molecule has 3 heterocycles. The lowest BCUT2D eigenvalue weighted by molar-refractivity contribution is 0.215. The smallest absolute Gasteiger partial charge is 0.417 e. The number of hydrogen-bond donors (Lipinski definition) is 2. The van der Waals surface area contributed by atoms with Gasteiger partial charge < -0.3 is 14.5 Å². The first-order valence-electron chi connectivity index (χ1n) is 8.37. The van der Waals surface area contributed by atoms with E-state index in [2.05, 4.69) is 36.3 Å². The number of ether oxygens (including phenoxy) is 2. The van der Waals surface area contributed by atoms with Gasteiger partial charge in [0.2, 0.25) is 0 Å². The van der Waals surface area contributed by atoms with Gasteiger partial charge in [-0.15, -0.1) is 0 Å². The van der Waals surface area contributed by atoms with Crippen molar-refractivity contribution >= 4 is 38.7 Å². The van der Waals surface area contributed by atoms with Gasteiger partial charge in [-0.25, -0.2) is 9.78 Å². The van der Waals surface area contributed by atoms with Crippen LogP contribution in [0.5, 0.6) is 11.5 Å². The quantitative estimate of drug-likeness (QED) is 0.484. The molecule has 0 unspecified atom stereocenters. The van der Waals surface area contributed by atoms with Crippen LogP contribution in [0.2, 0.25) is 0 Å². The van der Waals surface area contributed by atoms with Crippen molar-refractivity contribution in [1.82, 2.24) is 19.7 Å². The Kier molecular flexibility index (Phi) is 4.98. The van der Waals surface area contributed by atoms with Gasteiger partial charge >= 0.3 is 6.09 Å². The Morgan fingerprint density at radius 3 is 3.04 bits per heavy atom. The Bertz CT molecular complexity index is 1140. The zero-order valence-corrected chi connectivity index (χ0v) is 16.4. The normalized spacial score (nSPS) is 10.8. The van der Waals surface area contributed by atoms with E-state index in [-0.39, 0.29) is 0 Å². The number of anilines is 1. The molecular formula is C19H16BrN5O3. The van der Waals surface area contributed by atoms with Crippen LogP contribution in [0.3, 0.4) is 0 Å². The van der Waals surface area contributed by atoms with Crippen LogP contribution in [0.4, 0.5) is 10.5 Å². The van der Waals surface area contributed by atoms with E-state index in [1.54, 1.807) is 30.4 Å². The third kappa shape index (κ3) is 3.99. The number of pyridine rings is 1. The van der Waals surface area contributed by atoms with E-state index in [9.17, 15) is 4.79 Å². The van der Waals surface area contributed by atoms with Crippen LogP contribution in [-0.2, 0) is 6.54 Å². The molecule has 0 aliphatic carbocycles. The number of nitrogens with zero attached hydrogens (tertiary/aromatic N) is 3. The summed E-state index contributed by atoms with van der Waals surface area (Å²) >= 11 is 3.37. The number of fused-ring (bicyclic) bond motifs is 1. The van der Waals surface area contributed by atoms with Crippen molar-refractivity contribution in [2.45, 2.75) is 6.54 Å². The van der Waals surface area contributed by atoms with Gasteiger partial charge in [0, 0.05) is 22.3 Å². The maximum absolute atomic E-state index is 12.2. The molecule has 0 fully saturated rings. The zero-order chi connectivity index (χ0) is 19.5. The average Bonchev–Trinajstić information content (AvgIpc) is 3.28. The maximum atomic E-state index is 12.2. The lowest BCUT2D eigenvalue weighted by Crippen LogP contribution is -2.16. The summed E-state index contributed by atoms with van der Waals surface area (Å²) in [5, 5.41) is 7.71. The Morgan fingerprint density at radius 1 is 1.29 bits per heavy atom. The van der Waals surface area contributed by atoms with Gasteiger partial charge in [-0.2, -0.15) is 5.10 Å². The van der Waals surface area contributed by atoms with Crippen LogP contribution in [-0.4, -0.2) is 33.0 Å². The minimum Gasteiger partial charge on any atom is -0.497 e. The predicted octanol–water partition coefficient (Wildman–Crippen LogP) is 4.19. The number of benzene rings is 1. The predicted molar refractivity (Wildman–Crippen MR) is 108 cm³/mol. The number of hydrogen-bond acceptors (Lipinski definition) is 5. The van der Waals surface area contributed by atoms with E-state index in [4.69, 9.17) is 9.47 Å². The van der Waals surface area contributed by atoms with Crippen LogP contribution in [0, 0.1) is 0 Å². The zero-order valence-electron chi connectivity index (χ0n) is 14.8. The lowest BCUT2D eigenvalue weighted by atomic mass is 10.2. The molecule has 4 aromatic rings. The Morgan fingerprint density at radius 2 is 2.18 bits per heavy atom. The summed E-state index contributed by atoms with van der Waals surface area (Å²) in [6.07, 6.45) is 5.89. The molecule has 28 heavy (non-hydrogen) atoms. The molecule has 1 aromatic carbocycles. The number of H-pyrrole nitrogens is 1. The number of aromatic nitrogens is 4. The van der Waals surface area contributed by atoms with Crippen LogP contribution >= 0.6 is 15.9 Å². The van der Waals surface area contributed by atoms with Crippen molar-refractivity contribution in [1.29, 1.82) is 0 Å². The number of halogens is 1. The topological polar surface area (TPSA) is 94.1 Å². The second-order valence-electron chi connectivity index (χ2n) is 5.99. The molecule has 1 amide bonds. The van der Waals surface area contributed by atoms with Gasteiger partial charge in [0.1, 0.15) is 11.4 Å². The molecule has 3 aromatic heterocycles. The Balaban J connectivity index is 1.41. The molecule has 0 aliphatic heterocycles. The third-order valence-electron chi connectivity index (χ3n) is 4.03.